The highest BCUT2D eigenvalue weighted by Gasteiger charge is 2.29. The second kappa shape index (κ2) is 7.25. The van der Waals surface area contributed by atoms with Crippen LogP contribution in [0, 0.1) is 0 Å². The average molecular weight is 366 g/mol. The van der Waals surface area contributed by atoms with E-state index in [1.54, 1.807) is 30.6 Å². The van der Waals surface area contributed by atoms with Crippen LogP contribution in [0.15, 0.2) is 42.7 Å². The molecule has 2 heterocycles. The first-order chi connectivity index (χ1) is 12.4. The van der Waals surface area contributed by atoms with Crippen molar-refractivity contribution in [3.05, 3.63) is 53.9 Å². The normalized spacial score (nSPS) is 13.0. The number of methoxy groups -OCH3 is 2. The Morgan fingerprint density at radius 2 is 1.96 bits per heavy atom. The molecule has 0 bridgehead atoms. The van der Waals surface area contributed by atoms with Crippen molar-refractivity contribution in [2.75, 3.05) is 20.8 Å². The smallest absolute Gasteiger partial charge is 0.422 e. The Morgan fingerprint density at radius 1 is 1.15 bits per heavy atom. The fourth-order valence-electron chi connectivity index (χ4n) is 2.77. The summed E-state index contributed by atoms with van der Waals surface area (Å²) in [5.74, 6) is 0.218. The molecule has 0 saturated carbocycles. The van der Waals surface area contributed by atoms with Crippen LogP contribution in [0.3, 0.4) is 0 Å². The quantitative estimate of drug-likeness (QED) is 0.709. The molecule has 1 N–H and O–H groups in total. The number of aromatic nitrogens is 2. The van der Waals surface area contributed by atoms with Crippen LogP contribution in [-0.2, 0) is 4.74 Å². The Balaban J connectivity index is 1.98. The number of benzene rings is 1. The van der Waals surface area contributed by atoms with Gasteiger partial charge in [-0.15, -0.1) is 0 Å². The van der Waals surface area contributed by atoms with Gasteiger partial charge in [0.2, 0.25) is 0 Å². The van der Waals surface area contributed by atoms with E-state index in [4.69, 9.17) is 14.2 Å². The third-order valence-corrected chi connectivity index (χ3v) is 3.88. The van der Waals surface area contributed by atoms with Gasteiger partial charge in [-0.25, -0.2) is 4.98 Å². The molecule has 1 aromatic carbocycles. The zero-order valence-electron chi connectivity index (χ0n) is 14.1. The molecule has 0 aliphatic rings. The number of H-pyrrole nitrogens is 1. The number of hydrogen-bond acceptors (Lipinski definition) is 4. The number of halogens is 3. The monoisotopic (exact) mass is 366 g/mol. The number of fused-ring (bicyclic) bond motifs is 1. The molecule has 1 atom stereocenters. The molecule has 26 heavy (non-hydrogen) atoms. The summed E-state index contributed by atoms with van der Waals surface area (Å²) in [4.78, 5) is 7.29. The first-order valence-electron chi connectivity index (χ1n) is 7.75. The van der Waals surface area contributed by atoms with E-state index in [1.807, 2.05) is 6.07 Å². The summed E-state index contributed by atoms with van der Waals surface area (Å²) < 4.78 is 53.1. The topological polar surface area (TPSA) is 56.4 Å². The van der Waals surface area contributed by atoms with Crippen molar-refractivity contribution in [2.45, 2.75) is 12.3 Å². The lowest BCUT2D eigenvalue weighted by molar-refractivity contribution is -0.153. The third kappa shape index (κ3) is 3.75. The van der Waals surface area contributed by atoms with Gasteiger partial charge in [-0.1, -0.05) is 6.07 Å². The maximum Gasteiger partial charge on any atom is 0.422 e. The number of hydrogen-bond donors (Lipinski definition) is 1. The minimum atomic E-state index is -4.44. The van der Waals surface area contributed by atoms with Crippen LogP contribution in [-0.4, -0.2) is 37.0 Å². The van der Waals surface area contributed by atoms with E-state index in [0.29, 0.717) is 11.2 Å². The number of aromatic amines is 1. The summed E-state index contributed by atoms with van der Waals surface area (Å²) in [6.45, 7) is -1.40. The van der Waals surface area contributed by atoms with Gasteiger partial charge in [0.1, 0.15) is 11.8 Å². The Bertz CT molecular complexity index is 893. The molecule has 5 nitrogen and oxygen atoms in total. The SMILES string of the molecule is COc1ccc(C(OC)c2c[nH]c3ncccc23)cc1OCC(F)(F)F. The van der Waals surface area contributed by atoms with E-state index in [0.717, 1.165) is 10.9 Å². The van der Waals surface area contributed by atoms with E-state index in [2.05, 4.69) is 9.97 Å². The van der Waals surface area contributed by atoms with Crippen molar-refractivity contribution < 1.29 is 27.4 Å². The van der Waals surface area contributed by atoms with Crippen LogP contribution in [0.5, 0.6) is 11.5 Å². The molecule has 8 heteroatoms. The number of ether oxygens (including phenoxy) is 3. The van der Waals surface area contributed by atoms with Crippen molar-refractivity contribution in [1.82, 2.24) is 9.97 Å². The van der Waals surface area contributed by atoms with Crippen LogP contribution in [0.25, 0.3) is 11.0 Å². The number of nitrogens with one attached hydrogen (secondary N) is 1. The molecule has 3 aromatic rings. The molecule has 0 spiro atoms. The summed E-state index contributed by atoms with van der Waals surface area (Å²) in [5, 5.41) is 0.868. The molecule has 2 aromatic heterocycles. The van der Waals surface area contributed by atoms with E-state index in [1.165, 1.54) is 20.3 Å². The standard InChI is InChI=1S/C18H17F3N2O3/c1-24-14-6-5-11(8-15(14)26-10-18(19,20)21)16(25-2)13-9-23-17-12(13)4-3-7-22-17/h3-9,16H,10H2,1-2H3,(H,22,23). The van der Waals surface area contributed by atoms with Gasteiger partial charge in [0.05, 0.1) is 7.11 Å². The molecule has 1 unspecified atom stereocenters. The maximum atomic E-state index is 12.5. The number of rotatable bonds is 6. The molecule has 138 valence electrons. The minimum absolute atomic E-state index is 0.00217. The molecule has 0 aliphatic heterocycles. The summed E-state index contributed by atoms with van der Waals surface area (Å²) in [5.41, 5.74) is 2.16. The Morgan fingerprint density at radius 3 is 2.65 bits per heavy atom. The maximum absolute atomic E-state index is 12.5. The van der Waals surface area contributed by atoms with Crippen molar-refractivity contribution in [1.29, 1.82) is 0 Å². The number of pyridine rings is 1. The van der Waals surface area contributed by atoms with E-state index in [-0.39, 0.29) is 11.5 Å². The largest absolute Gasteiger partial charge is 0.493 e. The van der Waals surface area contributed by atoms with Crippen molar-refractivity contribution >= 4 is 11.0 Å². The van der Waals surface area contributed by atoms with Gasteiger partial charge >= 0.3 is 6.18 Å². The molecular formula is C18H17F3N2O3. The predicted molar refractivity (Wildman–Crippen MR) is 89.5 cm³/mol. The lowest BCUT2D eigenvalue weighted by Crippen LogP contribution is -2.19. The zero-order chi connectivity index (χ0) is 18.7. The first kappa shape index (κ1) is 18.1. The van der Waals surface area contributed by atoms with E-state index >= 15 is 0 Å². The molecule has 0 saturated heterocycles. The summed E-state index contributed by atoms with van der Waals surface area (Å²) >= 11 is 0. The first-order valence-corrected chi connectivity index (χ1v) is 7.75. The zero-order valence-corrected chi connectivity index (χ0v) is 14.1. The van der Waals surface area contributed by atoms with Crippen LogP contribution in [0.4, 0.5) is 13.2 Å². The molecule has 3 rings (SSSR count). The van der Waals surface area contributed by atoms with Gasteiger partial charge in [-0.2, -0.15) is 13.2 Å². The molecule has 0 aliphatic carbocycles. The van der Waals surface area contributed by atoms with Gasteiger partial charge in [0.25, 0.3) is 0 Å². The van der Waals surface area contributed by atoms with Crippen LogP contribution in [0.1, 0.15) is 17.2 Å². The lowest BCUT2D eigenvalue weighted by atomic mass is 10.0. The van der Waals surface area contributed by atoms with Gasteiger partial charge < -0.3 is 19.2 Å². The van der Waals surface area contributed by atoms with Gasteiger partial charge in [-0.05, 0) is 29.8 Å². The van der Waals surface area contributed by atoms with Crippen LogP contribution >= 0.6 is 0 Å². The Kier molecular flexibility index (Phi) is 5.03. The highest BCUT2D eigenvalue weighted by atomic mass is 19.4. The molecular weight excluding hydrogens is 349 g/mol. The third-order valence-electron chi connectivity index (χ3n) is 3.88. The average Bonchev–Trinajstić information content (AvgIpc) is 3.04. The van der Waals surface area contributed by atoms with Crippen LogP contribution < -0.4 is 9.47 Å². The van der Waals surface area contributed by atoms with Gasteiger partial charge in [-0.3, -0.25) is 0 Å². The second-order valence-corrected chi connectivity index (χ2v) is 5.57. The highest BCUT2D eigenvalue weighted by Crippen LogP contribution is 2.36. The predicted octanol–water partition coefficient (Wildman–Crippen LogP) is 4.25. The summed E-state index contributed by atoms with van der Waals surface area (Å²) in [6, 6.07) is 8.47. The minimum Gasteiger partial charge on any atom is -0.493 e. The van der Waals surface area contributed by atoms with Crippen LogP contribution in [0.2, 0.25) is 0 Å². The summed E-state index contributed by atoms with van der Waals surface area (Å²) in [7, 11) is 2.90. The molecule has 0 amide bonds. The Hall–Kier alpha value is -2.74. The van der Waals surface area contributed by atoms with E-state index in [9.17, 15) is 13.2 Å². The lowest BCUT2D eigenvalue weighted by Gasteiger charge is -2.18. The summed E-state index contributed by atoms with van der Waals surface area (Å²) in [6.07, 6.45) is -1.51. The number of nitrogens with zero attached hydrogens (tertiary/aromatic N) is 1. The fourth-order valence-corrected chi connectivity index (χ4v) is 2.77. The van der Waals surface area contributed by atoms with Crippen molar-refractivity contribution in [3.63, 3.8) is 0 Å². The molecule has 0 fully saturated rings. The highest BCUT2D eigenvalue weighted by molar-refractivity contribution is 5.80. The van der Waals surface area contributed by atoms with Gasteiger partial charge in [0.15, 0.2) is 18.1 Å². The molecule has 0 radical (unpaired) electrons. The van der Waals surface area contributed by atoms with E-state index < -0.39 is 18.9 Å². The second-order valence-electron chi connectivity index (χ2n) is 5.57. The number of alkyl halides is 3. The van der Waals surface area contributed by atoms with Crippen molar-refractivity contribution in [2.24, 2.45) is 0 Å². The van der Waals surface area contributed by atoms with Crippen molar-refractivity contribution in [3.8, 4) is 11.5 Å². The fraction of sp³-hybridized carbons (Fsp3) is 0.278. The Labute approximate surface area is 147 Å². The van der Waals surface area contributed by atoms with Gasteiger partial charge in [0, 0.05) is 30.5 Å².